The summed E-state index contributed by atoms with van der Waals surface area (Å²) in [5.41, 5.74) is 0.920. The van der Waals surface area contributed by atoms with E-state index in [1.807, 2.05) is 30.3 Å². The molecule has 1 aliphatic heterocycles. The van der Waals surface area contributed by atoms with E-state index in [9.17, 15) is 14.7 Å². The van der Waals surface area contributed by atoms with Crippen LogP contribution in [0.1, 0.15) is 44.2 Å². The van der Waals surface area contributed by atoms with E-state index in [4.69, 9.17) is 0 Å². The Morgan fingerprint density at radius 2 is 2.05 bits per heavy atom. The van der Waals surface area contributed by atoms with Crippen molar-refractivity contribution in [1.82, 2.24) is 4.90 Å². The Kier molecular flexibility index (Phi) is 4.77. The van der Waals surface area contributed by atoms with Crippen LogP contribution < -0.4 is 0 Å². The standard InChI is InChI=1S/C16H21NO3/c1-2-3-11-17-14(18)10-9-13(16(19)20)15(17)12-7-5-4-6-8-12/h4-8,13,15H,2-3,9-11H2,1H3,(H,19,20)/t13-,15-/m1/s1. The number of likely N-dealkylation sites (tertiary alicyclic amines) is 1. The third-order valence-corrected chi connectivity index (χ3v) is 3.92. The number of benzene rings is 1. The lowest BCUT2D eigenvalue weighted by atomic mass is 9.84. The van der Waals surface area contributed by atoms with Crippen LogP contribution in [0.25, 0.3) is 0 Å². The van der Waals surface area contributed by atoms with Gasteiger partial charge in [0.2, 0.25) is 5.91 Å². The second-order valence-corrected chi connectivity index (χ2v) is 5.28. The van der Waals surface area contributed by atoms with E-state index in [0.29, 0.717) is 19.4 Å². The van der Waals surface area contributed by atoms with E-state index in [1.165, 1.54) is 0 Å². The van der Waals surface area contributed by atoms with Gasteiger partial charge in [0.25, 0.3) is 0 Å². The minimum atomic E-state index is -0.812. The van der Waals surface area contributed by atoms with E-state index < -0.39 is 11.9 Å². The number of carbonyl (C=O) groups excluding carboxylic acids is 1. The summed E-state index contributed by atoms with van der Waals surface area (Å²) in [5, 5.41) is 9.46. The number of aliphatic carboxylic acids is 1. The molecule has 0 unspecified atom stereocenters. The summed E-state index contributed by atoms with van der Waals surface area (Å²) in [4.78, 5) is 25.5. The predicted molar refractivity (Wildman–Crippen MR) is 76.2 cm³/mol. The molecule has 0 aliphatic carbocycles. The van der Waals surface area contributed by atoms with Crippen LogP contribution >= 0.6 is 0 Å². The SMILES string of the molecule is CCCCN1C(=O)CC[C@@H](C(=O)O)[C@H]1c1ccccc1. The molecule has 2 rings (SSSR count). The van der Waals surface area contributed by atoms with E-state index in [2.05, 4.69) is 6.92 Å². The highest BCUT2D eigenvalue weighted by molar-refractivity contribution is 5.81. The van der Waals surface area contributed by atoms with Gasteiger partial charge in [0, 0.05) is 13.0 Å². The largest absolute Gasteiger partial charge is 0.481 e. The van der Waals surface area contributed by atoms with Crippen molar-refractivity contribution in [3.05, 3.63) is 35.9 Å². The van der Waals surface area contributed by atoms with Crippen molar-refractivity contribution in [2.45, 2.75) is 38.6 Å². The number of carboxylic acid groups (broad SMARTS) is 1. The molecule has 20 heavy (non-hydrogen) atoms. The first-order valence-electron chi connectivity index (χ1n) is 7.22. The minimum absolute atomic E-state index is 0.0739. The number of unbranched alkanes of at least 4 members (excludes halogenated alkanes) is 1. The molecular weight excluding hydrogens is 254 g/mol. The Balaban J connectivity index is 2.33. The molecule has 0 radical (unpaired) electrons. The first-order chi connectivity index (χ1) is 9.65. The highest BCUT2D eigenvalue weighted by atomic mass is 16.4. The molecular formula is C16H21NO3. The third-order valence-electron chi connectivity index (χ3n) is 3.92. The molecule has 1 heterocycles. The zero-order chi connectivity index (χ0) is 14.5. The highest BCUT2D eigenvalue weighted by Gasteiger charge is 2.40. The Bertz CT molecular complexity index is 472. The average Bonchev–Trinajstić information content (AvgIpc) is 2.46. The second kappa shape index (κ2) is 6.55. The lowest BCUT2D eigenvalue weighted by molar-refractivity contribution is -0.152. The summed E-state index contributed by atoms with van der Waals surface area (Å²) in [6.45, 7) is 2.71. The maximum atomic E-state index is 12.2. The Morgan fingerprint density at radius 3 is 2.65 bits per heavy atom. The topological polar surface area (TPSA) is 57.6 Å². The molecule has 2 atom stereocenters. The van der Waals surface area contributed by atoms with Crippen LogP contribution in [0.3, 0.4) is 0 Å². The number of hydrogen-bond acceptors (Lipinski definition) is 2. The zero-order valence-electron chi connectivity index (χ0n) is 11.8. The normalized spacial score (nSPS) is 22.9. The zero-order valence-corrected chi connectivity index (χ0v) is 11.8. The summed E-state index contributed by atoms with van der Waals surface area (Å²) in [6.07, 6.45) is 2.66. The maximum Gasteiger partial charge on any atom is 0.308 e. The summed E-state index contributed by atoms with van der Waals surface area (Å²) in [6, 6.07) is 9.19. The van der Waals surface area contributed by atoms with Crippen LogP contribution in [-0.2, 0) is 9.59 Å². The molecule has 0 bridgehead atoms. The van der Waals surface area contributed by atoms with Crippen molar-refractivity contribution in [2.75, 3.05) is 6.54 Å². The first kappa shape index (κ1) is 14.6. The molecule has 4 nitrogen and oxygen atoms in total. The number of carboxylic acids is 1. The van der Waals surface area contributed by atoms with Crippen molar-refractivity contribution in [3.8, 4) is 0 Å². The van der Waals surface area contributed by atoms with Crippen molar-refractivity contribution in [2.24, 2.45) is 5.92 Å². The fraction of sp³-hybridized carbons (Fsp3) is 0.500. The molecule has 1 saturated heterocycles. The lowest BCUT2D eigenvalue weighted by Crippen LogP contribution is -2.45. The first-order valence-corrected chi connectivity index (χ1v) is 7.22. The van der Waals surface area contributed by atoms with Crippen molar-refractivity contribution in [3.63, 3.8) is 0 Å². The molecule has 1 aliphatic rings. The molecule has 1 N–H and O–H groups in total. The van der Waals surface area contributed by atoms with Crippen molar-refractivity contribution < 1.29 is 14.7 Å². The van der Waals surface area contributed by atoms with E-state index in [1.54, 1.807) is 4.90 Å². The lowest BCUT2D eigenvalue weighted by Gasteiger charge is -2.40. The fourth-order valence-corrected chi connectivity index (χ4v) is 2.87. The number of piperidine rings is 1. The average molecular weight is 275 g/mol. The van der Waals surface area contributed by atoms with Gasteiger partial charge >= 0.3 is 5.97 Å². The summed E-state index contributed by atoms with van der Waals surface area (Å²) >= 11 is 0. The number of carbonyl (C=O) groups is 2. The molecule has 108 valence electrons. The summed E-state index contributed by atoms with van der Waals surface area (Å²) in [5.74, 6) is -1.25. The molecule has 1 aromatic carbocycles. The Labute approximate surface area is 119 Å². The quantitative estimate of drug-likeness (QED) is 0.899. The van der Waals surface area contributed by atoms with Crippen LogP contribution in [0, 0.1) is 5.92 Å². The molecule has 1 amide bonds. The molecule has 1 aromatic rings. The van der Waals surface area contributed by atoms with E-state index in [0.717, 1.165) is 18.4 Å². The minimum Gasteiger partial charge on any atom is -0.481 e. The van der Waals surface area contributed by atoms with Crippen molar-refractivity contribution >= 4 is 11.9 Å². The Hall–Kier alpha value is -1.84. The van der Waals surface area contributed by atoms with E-state index >= 15 is 0 Å². The number of rotatable bonds is 5. The predicted octanol–water partition coefficient (Wildman–Crippen LogP) is 2.85. The van der Waals surface area contributed by atoms with Gasteiger partial charge in [-0.25, -0.2) is 0 Å². The summed E-state index contributed by atoms with van der Waals surface area (Å²) in [7, 11) is 0. The van der Waals surface area contributed by atoms with Crippen LogP contribution in [0.4, 0.5) is 0 Å². The monoisotopic (exact) mass is 275 g/mol. The van der Waals surface area contributed by atoms with Gasteiger partial charge in [-0.3, -0.25) is 9.59 Å². The summed E-state index contributed by atoms with van der Waals surface area (Å²) < 4.78 is 0. The number of hydrogen-bond donors (Lipinski definition) is 1. The molecule has 4 heteroatoms. The van der Waals surface area contributed by atoms with Gasteiger partial charge in [-0.2, -0.15) is 0 Å². The highest BCUT2D eigenvalue weighted by Crippen LogP contribution is 2.36. The second-order valence-electron chi connectivity index (χ2n) is 5.28. The van der Waals surface area contributed by atoms with Crippen LogP contribution in [0.5, 0.6) is 0 Å². The maximum absolute atomic E-state index is 12.2. The van der Waals surface area contributed by atoms with Gasteiger partial charge in [0.15, 0.2) is 0 Å². The molecule has 0 aromatic heterocycles. The van der Waals surface area contributed by atoms with Crippen LogP contribution in [0.15, 0.2) is 30.3 Å². The van der Waals surface area contributed by atoms with Gasteiger partial charge in [0.1, 0.15) is 0 Å². The van der Waals surface area contributed by atoms with Gasteiger partial charge in [-0.05, 0) is 18.4 Å². The number of nitrogens with zero attached hydrogens (tertiary/aromatic N) is 1. The fourth-order valence-electron chi connectivity index (χ4n) is 2.87. The van der Waals surface area contributed by atoms with Crippen molar-refractivity contribution in [1.29, 1.82) is 0 Å². The van der Waals surface area contributed by atoms with Crippen LogP contribution in [-0.4, -0.2) is 28.4 Å². The molecule has 0 spiro atoms. The van der Waals surface area contributed by atoms with Gasteiger partial charge in [0.05, 0.1) is 12.0 Å². The van der Waals surface area contributed by atoms with Gasteiger partial charge in [-0.15, -0.1) is 0 Å². The molecule has 0 saturated carbocycles. The van der Waals surface area contributed by atoms with Gasteiger partial charge < -0.3 is 10.0 Å². The van der Waals surface area contributed by atoms with Crippen LogP contribution in [0.2, 0.25) is 0 Å². The van der Waals surface area contributed by atoms with Gasteiger partial charge in [-0.1, -0.05) is 43.7 Å². The smallest absolute Gasteiger partial charge is 0.308 e. The van der Waals surface area contributed by atoms with E-state index in [-0.39, 0.29) is 11.9 Å². The Morgan fingerprint density at radius 1 is 1.35 bits per heavy atom. The number of amides is 1. The molecule has 1 fully saturated rings. The third kappa shape index (κ3) is 3.00.